The van der Waals surface area contributed by atoms with Gasteiger partial charge < -0.3 is 24.1 Å². The number of hydrogen-bond donors (Lipinski definition) is 2. The maximum atomic E-state index is 12.9. The number of aliphatic hydroxyl groups is 2. The molecule has 1 aliphatic heterocycles. The normalized spacial score (nSPS) is 48.1. The predicted molar refractivity (Wildman–Crippen MR) is 94.5 cm³/mol. The van der Waals surface area contributed by atoms with Gasteiger partial charge in [-0.3, -0.25) is 4.79 Å². The average molecular weight is 376 g/mol. The number of ether oxygens (including phenoxy) is 2. The molecular weight excluding hydrogens is 348 g/mol. The zero-order valence-corrected chi connectivity index (χ0v) is 15.9. The van der Waals surface area contributed by atoms with Crippen molar-refractivity contribution in [3.8, 4) is 0 Å². The number of methoxy groups -OCH3 is 1. The Bertz CT molecular complexity index is 758. The highest BCUT2D eigenvalue weighted by Crippen LogP contribution is 2.70. The maximum absolute atomic E-state index is 12.9. The van der Waals surface area contributed by atoms with Gasteiger partial charge in [-0.05, 0) is 55.1 Å². The molecular formula is C21H28O6. The first kappa shape index (κ1) is 17.7. The first-order chi connectivity index (χ1) is 13.0. The lowest BCUT2D eigenvalue weighted by atomic mass is 9.41. The van der Waals surface area contributed by atoms with Crippen molar-refractivity contribution in [3.05, 3.63) is 23.7 Å². The molecule has 0 radical (unpaired) electrons. The molecule has 1 aromatic rings. The number of rotatable bonds is 1. The molecule has 0 aromatic carbocycles. The van der Waals surface area contributed by atoms with E-state index in [1.165, 1.54) is 7.11 Å². The van der Waals surface area contributed by atoms with Crippen LogP contribution in [-0.2, 0) is 14.3 Å². The second-order valence-electron chi connectivity index (χ2n) is 9.07. The van der Waals surface area contributed by atoms with Crippen LogP contribution in [0.5, 0.6) is 0 Å². The van der Waals surface area contributed by atoms with Crippen molar-refractivity contribution in [3.63, 3.8) is 0 Å². The maximum Gasteiger partial charge on any atom is 0.314 e. The second-order valence-corrected chi connectivity index (χ2v) is 9.07. The van der Waals surface area contributed by atoms with Crippen molar-refractivity contribution in [2.45, 2.75) is 57.3 Å². The summed E-state index contributed by atoms with van der Waals surface area (Å²) in [6.45, 7) is 2.38. The van der Waals surface area contributed by atoms with E-state index >= 15 is 0 Å². The minimum Gasteiger partial charge on any atom is -0.469 e. The summed E-state index contributed by atoms with van der Waals surface area (Å²) in [6, 6.07) is 1.95. The van der Waals surface area contributed by atoms with Crippen molar-refractivity contribution in [1.82, 2.24) is 0 Å². The highest BCUT2D eigenvalue weighted by Gasteiger charge is 2.71. The molecule has 148 valence electrons. The number of furan rings is 1. The lowest BCUT2D eigenvalue weighted by Crippen LogP contribution is -2.68. The van der Waals surface area contributed by atoms with Crippen LogP contribution in [0.4, 0.5) is 0 Å². The smallest absolute Gasteiger partial charge is 0.314 e. The zero-order valence-electron chi connectivity index (χ0n) is 15.9. The van der Waals surface area contributed by atoms with Crippen LogP contribution < -0.4 is 0 Å². The van der Waals surface area contributed by atoms with E-state index in [4.69, 9.17) is 13.9 Å². The van der Waals surface area contributed by atoms with E-state index in [-0.39, 0.29) is 36.2 Å². The molecule has 1 saturated heterocycles. The lowest BCUT2D eigenvalue weighted by Gasteiger charge is -2.66. The van der Waals surface area contributed by atoms with E-state index < -0.39 is 23.2 Å². The van der Waals surface area contributed by atoms with Gasteiger partial charge in [0, 0.05) is 11.3 Å². The number of hydrogen-bond acceptors (Lipinski definition) is 6. The van der Waals surface area contributed by atoms with Crippen LogP contribution in [0, 0.1) is 28.6 Å². The highest BCUT2D eigenvalue weighted by atomic mass is 16.6. The van der Waals surface area contributed by atoms with Crippen LogP contribution in [0.2, 0.25) is 0 Å². The third-order valence-corrected chi connectivity index (χ3v) is 8.44. The Labute approximate surface area is 158 Å². The molecule has 4 aliphatic rings. The molecule has 1 aromatic heterocycles. The Kier molecular flexibility index (Phi) is 3.81. The number of fused-ring (bicyclic) bond motifs is 2. The molecule has 8 atom stereocenters. The third kappa shape index (κ3) is 1.99. The molecule has 2 saturated carbocycles. The summed E-state index contributed by atoms with van der Waals surface area (Å²) in [5.41, 5.74) is -0.296. The minimum absolute atomic E-state index is 0.0467. The van der Waals surface area contributed by atoms with Gasteiger partial charge in [0.2, 0.25) is 0 Å². The lowest BCUT2D eigenvalue weighted by molar-refractivity contribution is -0.329. The first-order valence-electron chi connectivity index (χ1n) is 10.1. The van der Waals surface area contributed by atoms with Crippen LogP contribution >= 0.6 is 0 Å². The molecule has 5 rings (SSSR count). The fraction of sp³-hybridized carbons (Fsp3) is 0.762. The quantitative estimate of drug-likeness (QED) is 0.733. The third-order valence-electron chi connectivity index (χ3n) is 8.44. The van der Waals surface area contributed by atoms with Gasteiger partial charge in [-0.1, -0.05) is 13.3 Å². The van der Waals surface area contributed by atoms with Gasteiger partial charge >= 0.3 is 5.97 Å². The van der Waals surface area contributed by atoms with Crippen molar-refractivity contribution >= 4 is 5.97 Å². The molecule has 6 heteroatoms. The number of carbonyl (C=O) groups is 1. The van der Waals surface area contributed by atoms with Gasteiger partial charge in [-0.2, -0.15) is 0 Å². The molecule has 0 unspecified atom stereocenters. The fourth-order valence-electron chi connectivity index (χ4n) is 7.41. The van der Waals surface area contributed by atoms with Gasteiger partial charge in [0.1, 0.15) is 11.9 Å². The summed E-state index contributed by atoms with van der Waals surface area (Å²) in [5.74, 6) is 0.612. The van der Waals surface area contributed by atoms with E-state index in [2.05, 4.69) is 6.92 Å². The van der Waals surface area contributed by atoms with Crippen LogP contribution in [0.1, 0.15) is 62.4 Å². The molecule has 6 nitrogen and oxygen atoms in total. The monoisotopic (exact) mass is 376 g/mol. The van der Waals surface area contributed by atoms with E-state index in [0.717, 1.165) is 31.2 Å². The molecule has 3 fully saturated rings. The topological polar surface area (TPSA) is 89.1 Å². The number of aliphatic hydroxyl groups excluding tert-OH is 2. The van der Waals surface area contributed by atoms with E-state index in [9.17, 15) is 15.0 Å². The fourth-order valence-corrected chi connectivity index (χ4v) is 7.41. The molecule has 0 amide bonds. The SMILES string of the molecule is COC(=O)[C@@]12CCC[C@]3([C@@H]4[C@@H](CC[C@@H]13)[C@@H](C)c1ccoc1[C@@H]4O)[C@@H](O)OC2. The molecule has 2 N–H and O–H groups in total. The number of carbonyl (C=O) groups excluding carboxylic acids is 1. The highest BCUT2D eigenvalue weighted by molar-refractivity contribution is 5.78. The van der Waals surface area contributed by atoms with Crippen molar-refractivity contribution < 1.29 is 28.9 Å². The Morgan fingerprint density at radius 2 is 2.11 bits per heavy atom. The molecule has 3 aliphatic carbocycles. The van der Waals surface area contributed by atoms with Gasteiger partial charge in [0.15, 0.2) is 6.29 Å². The van der Waals surface area contributed by atoms with E-state index in [0.29, 0.717) is 12.2 Å². The van der Waals surface area contributed by atoms with E-state index in [1.54, 1.807) is 6.26 Å². The van der Waals surface area contributed by atoms with Gasteiger partial charge in [-0.25, -0.2) is 0 Å². The summed E-state index contributed by atoms with van der Waals surface area (Å²) >= 11 is 0. The van der Waals surface area contributed by atoms with Crippen LogP contribution in [-0.4, -0.2) is 36.2 Å². The molecule has 2 bridgehead atoms. The van der Waals surface area contributed by atoms with Crippen LogP contribution in [0.25, 0.3) is 0 Å². The van der Waals surface area contributed by atoms with Gasteiger partial charge in [0.05, 0.1) is 25.4 Å². The summed E-state index contributed by atoms with van der Waals surface area (Å²) in [6.07, 6.45) is 3.93. The summed E-state index contributed by atoms with van der Waals surface area (Å²) in [4.78, 5) is 12.9. The van der Waals surface area contributed by atoms with Crippen molar-refractivity contribution in [2.75, 3.05) is 13.7 Å². The Morgan fingerprint density at radius 3 is 2.89 bits per heavy atom. The van der Waals surface area contributed by atoms with Gasteiger partial charge in [0.25, 0.3) is 0 Å². The molecule has 27 heavy (non-hydrogen) atoms. The van der Waals surface area contributed by atoms with Crippen LogP contribution in [0.15, 0.2) is 16.7 Å². The Hall–Kier alpha value is -1.37. The number of esters is 1. The standard InChI is InChI=1S/C21H28O6/c1-11-12-4-5-14-20(18(23)25-2)7-3-8-21(14,19(24)27-10-20)15(12)16(22)17-13(11)6-9-26-17/h6,9,11-12,14-16,19,22,24H,3-5,7-8,10H2,1-2H3/t11-,12+,14+,15-,16-,19+,20-,21+/m1/s1. The Balaban J connectivity index is 1.67. The van der Waals surface area contributed by atoms with E-state index in [1.807, 2.05) is 6.07 Å². The average Bonchev–Trinajstić information content (AvgIpc) is 3.18. The van der Waals surface area contributed by atoms with Crippen molar-refractivity contribution in [1.29, 1.82) is 0 Å². The predicted octanol–water partition coefficient (Wildman–Crippen LogP) is 2.75. The second kappa shape index (κ2) is 5.82. The first-order valence-corrected chi connectivity index (χ1v) is 10.1. The largest absolute Gasteiger partial charge is 0.469 e. The Morgan fingerprint density at radius 1 is 1.30 bits per heavy atom. The zero-order chi connectivity index (χ0) is 19.0. The summed E-state index contributed by atoms with van der Waals surface area (Å²) in [5, 5.41) is 22.4. The van der Waals surface area contributed by atoms with Gasteiger partial charge in [-0.15, -0.1) is 0 Å². The minimum atomic E-state index is -0.980. The molecule has 2 heterocycles. The molecule has 0 spiro atoms. The summed E-state index contributed by atoms with van der Waals surface area (Å²) in [7, 11) is 1.43. The summed E-state index contributed by atoms with van der Waals surface area (Å²) < 4.78 is 16.7. The van der Waals surface area contributed by atoms with Crippen LogP contribution in [0.3, 0.4) is 0 Å². The van der Waals surface area contributed by atoms with Crippen molar-refractivity contribution in [2.24, 2.45) is 28.6 Å².